The molecule has 16 heavy (non-hydrogen) atoms. The van der Waals surface area contributed by atoms with Crippen LogP contribution in [0.3, 0.4) is 0 Å². The predicted molar refractivity (Wildman–Crippen MR) is 69.2 cm³/mol. The second kappa shape index (κ2) is 2.76. The van der Waals surface area contributed by atoms with Gasteiger partial charge in [0, 0.05) is 0 Å². The van der Waals surface area contributed by atoms with Gasteiger partial charge >= 0.3 is 0 Å². The fourth-order valence-electron chi connectivity index (χ4n) is 6.17. The maximum absolute atomic E-state index is 2.65. The van der Waals surface area contributed by atoms with Crippen molar-refractivity contribution in [3.63, 3.8) is 0 Å². The van der Waals surface area contributed by atoms with Crippen molar-refractivity contribution < 1.29 is 0 Å². The van der Waals surface area contributed by atoms with Crippen LogP contribution in [0.5, 0.6) is 0 Å². The van der Waals surface area contributed by atoms with Gasteiger partial charge in [-0.3, -0.25) is 0 Å². The first-order valence-electron chi connectivity index (χ1n) is 7.00. The first-order chi connectivity index (χ1) is 7.31. The lowest BCUT2D eigenvalue weighted by molar-refractivity contribution is 0.0748. The Morgan fingerprint density at radius 1 is 1.12 bits per heavy atom. The zero-order chi connectivity index (χ0) is 11.8. The van der Waals surface area contributed by atoms with E-state index < -0.39 is 0 Å². The minimum Gasteiger partial charge on any atom is -0.0787 e. The van der Waals surface area contributed by atoms with Gasteiger partial charge in [0.1, 0.15) is 0 Å². The third-order valence-electron chi connectivity index (χ3n) is 6.17. The number of hydrogen-bond donors (Lipinski definition) is 0. The highest BCUT2D eigenvalue weighted by atomic mass is 14.7. The van der Waals surface area contributed by atoms with Crippen LogP contribution in [0, 0.1) is 28.1 Å². The largest absolute Gasteiger partial charge is 0.0787 e. The molecule has 4 atom stereocenters. The van der Waals surface area contributed by atoms with Crippen LogP contribution < -0.4 is 0 Å². The van der Waals surface area contributed by atoms with Crippen LogP contribution in [-0.4, -0.2) is 0 Å². The summed E-state index contributed by atoms with van der Waals surface area (Å²) in [5, 5.41) is 0. The quantitative estimate of drug-likeness (QED) is 0.512. The minimum atomic E-state index is 0.501. The van der Waals surface area contributed by atoms with E-state index in [0.717, 1.165) is 11.8 Å². The highest BCUT2D eigenvalue weighted by molar-refractivity contribution is 5.33. The van der Waals surface area contributed by atoms with Gasteiger partial charge in [-0.1, -0.05) is 39.3 Å². The third-order valence-corrected chi connectivity index (χ3v) is 6.17. The zero-order valence-corrected chi connectivity index (χ0v) is 11.6. The standard InChI is InChI=1S/C16H26/c1-11-8-15(5)9-14(3,4)10-16(15)12(2)6-7-13(11)16/h8,12-13H,6-7,9-10H2,1-5H3/t12-,13+,15-,16+/m1/s1. The lowest BCUT2D eigenvalue weighted by Gasteiger charge is -2.42. The van der Waals surface area contributed by atoms with Crippen LogP contribution in [0.25, 0.3) is 0 Å². The summed E-state index contributed by atoms with van der Waals surface area (Å²) in [5.74, 6) is 1.84. The van der Waals surface area contributed by atoms with Gasteiger partial charge in [-0.25, -0.2) is 0 Å². The van der Waals surface area contributed by atoms with Crippen molar-refractivity contribution in [2.75, 3.05) is 0 Å². The topological polar surface area (TPSA) is 0 Å². The van der Waals surface area contributed by atoms with Crippen molar-refractivity contribution in [1.82, 2.24) is 0 Å². The van der Waals surface area contributed by atoms with Crippen molar-refractivity contribution in [2.45, 2.75) is 60.3 Å². The smallest absolute Gasteiger partial charge is 0.00739 e. The number of allylic oxidation sites excluding steroid dienone is 2. The summed E-state index contributed by atoms with van der Waals surface area (Å²) in [7, 11) is 0. The van der Waals surface area contributed by atoms with E-state index in [9.17, 15) is 0 Å². The van der Waals surface area contributed by atoms with Gasteiger partial charge in [0.25, 0.3) is 0 Å². The molecule has 0 heterocycles. The Balaban J connectivity index is 2.14. The van der Waals surface area contributed by atoms with Crippen LogP contribution >= 0.6 is 0 Å². The summed E-state index contributed by atoms with van der Waals surface area (Å²) in [6, 6.07) is 0. The fourth-order valence-corrected chi connectivity index (χ4v) is 6.17. The molecule has 0 heteroatoms. The first-order valence-corrected chi connectivity index (χ1v) is 7.00. The molecule has 0 aliphatic heterocycles. The van der Waals surface area contributed by atoms with Crippen molar-refractivity contribution >= 4 is 0 Å². The number of hydrogen-bond acceptors (Lipinski definition) is 0. The van der Waals surface area contributed by atoms with E-state index in [1.54, 1.807) is 5.57 Å². The average Bonchev–Trinajstić information content (AvgIpc) is 2.57. The van der Waals surface area contributed by atoms with Crippen LogP contribution in [0.15, 0.2) is 11.6 Å². The molecule has 0 bridgehead atoms. The van der Waals surface area contributed by atoms with Gasteiger partial charge in [-0.15, -0.1) is 0 Å². The minimum absolute atomic E-state index is 0.501. The summed E-state index contributed by atoms with van der Waals surface area (Å²) in [6.07, 6.45) is 8.42. The Morgan fingerprint density at radius 3 is 2.50 bits per heavy atom. The third kappa shape index (κ3) is 1.02. The van der Waals surface area contributed by atoms with Crippen LogP contribution in [-0.2, 0) is 0 Å². The molecule has 2 saturated carbocycles. The molecule has 0 aromatic rings. The maximum atomic E-state index is 2.65. The summed E-state index contributed by atoms with van der Waals surface area (Å²) in [4.78, 5) is 0. The second-order valence-corrected chi connectivity index (χ2v) is 7.89. The summed E-state index contributed by atoms with van der Waals surface area (Å²) in [5.41, 5.74) is 3.40. The zero-order valence-electron chi connectivity index (χ0n) is 11.6. The average molecular weight is 218 g/mol. The van der Waals surface area contributed by atoms with Crippen molar-refractivity contribution in [3.05, 3.63) is 11.6 Å². The molecule has 0 aromatic heterocycles. The summed E-state index contributed by atoms with van der Waals surface area (Å²) >= 11 is 0. The van der Waals surface area contributed by atoms with Gasteiger partial charge in [0.15, 0.2) is 0 Å². The predicted octanol–water partition coefficient (Wildman–Crippen LogP) is 4.81. The molecule has 0 saturated heterocycles. The second-order valence-electron chi connectivity index (χ2n) is 7.89. The SMILES string of the molecule is CC1=C[C@]2(C)CC(C)(C)C[C@@]23[C@H](C)CC[C@@H]13. The van der Waals surface area contributed by atoms with E-state index in [2.05, 4.69) is 40.7 Å². The maximum Gasteiger partial charge on any atom is -0.00739 e. The van der Waals surface area contributed by atoms with Crippen LogP contribution in [0.2, 0.25) is 0 Å². The Morgan fingerprint density at radius 2 is 1.81 bits per heavy atom. The Hall–Kier alpha value is -0.260. The molecule has 0 aromatic carbocycles. The molecule has 0 amide bonds. The van der Waals surface area contributed by atoms with Crippen LogP contribution in [0.4, 0.5) is 0 Å². The Labute approximate surface area is 101 Å². The van der Waals surface area contributed by atoms with Crippen molar-refractivity contribution in [1.29, 1.82) is 0 Å². The van der Waals surface area contributed by atoms with Gasteiger partial charge in [-0.05, 0) is 60.7 Å². The highest BCUT2D eigenvalue weighted by Crippen LogP contribution is 2.75. The lowest BCUT2D eigenvalue weighted by atomic mass is 9.61. The monoisotopic (exact) mass is 218 g/mol. The Kier molecular flexibility index (Phi) is 1.88. The summed E-state index contributed by atoms with van der Waals surface area (Å²) in [6.45, 7) is 12.4. The fraction of sp³-hybridized carbons (Fsp3) is 0.875. The molecular formula is C16H26. The van der Waals surface area contributed by atoms with Crippen LogP contribution in [0.1, 0.15) is 60.3 Å². The van der Waals surface area contributed by atoms with E-state index >= 15 is 0 Å². The molecule has 1 spiro atoms. The molecule has 90 valence electrons. The molecule has 3 aliphatic rings. The normalized spacial score (nSPS) is 53.7. The van der Waals surface area contributed by atoms with Gasteiger partial charge in [0.05, 0.1) is 0 Å². The van der Waals surface area contributed by atoms with Gasteiger partial charge in [0.2, 0.25) is 0 Å². The highest BCUT2D eigenvalue weighted by Gasteiger charge is 2.67. The van der Waals surface area contributed by atoms with Crippen molar-refractivity contribution in [2.24, 2.45) is 28.1 Å². The molecule has 0 nitrogen and oxygen atoms in total. The molecule has 0 radical (unpaired) electrons. The summed E-state index contributed by atoms with van der Waals surface area (Å²) < 4.78 is 0. The van der Waals surface area contributed by atoms with E-state index in [1.807, 2.05) is 0 Å². The van der Waals surface area contributed by atoms with E-state index in [-0.39, 0.29) is 0 Å². The number of rotatable bonds is 0. The molecule has 2 fully saturated rings. The van der Waals surface area contributed by atoms with E-state index in [4.69, 9.17) is 0 Å². The van der Waals surface area contributed by atoms with Crippen molar-refractivity contribution in [3.8, 4) is 0 Å². The lowest BCUT2D eigenvalue weighted by Crippen LogP contribution is -2.37. The van der Waals surface area contributed by atoms with Gasteiger partial charge < -0.3 is 0 Å². The van der Waals surface area contributed by atoms with E-state index in [1.165, 1.54) is 25.7 Å². The molecule has 0 N–H and O–H groups in total. The Bertz CT molecular complexity index is 362. The molecule has 3 rings (SSSR count). The molecule has 0 unspecified atom stereocenters. The van der Waals surface area contributed by atoms with E-state index in [0.29, 0.717) is 16.2 Å². The molecular weight excluding hydrogens is 192 g/mol. The van der Waals surface area contributed by atoms with Gasteiger partial charge in [-0.2, -0.15) is 0 Å². The molecule has 3 aliphatic carbocycles. The first kappa shape index (κ1) is 10.9.